The molecule has 0 aliphatic carbocycles. The van der Waals surface area contributed by atoms with E-state index in [2.05, 4.69) is 32.7 Å². The highest BCUT2D eigenvalue weighted by molar-refractivity contribution is 5.92. The predicted octanol–water partition coefficient (Wildman–Crippen LogP) is 1.19. The van der Waals surface area contributed by atoms with Crippen molar-refractivity contribution in [3.05, 3.63) is 47.8 Å². The number of likely N-dealkylation sites (N-methyl/N-ethyl adjacent to an activating group) is 1. The van der Waals surface area contributed by atoms with Crippen LogP contribution in [0.5, 0.6) is 0 Å². The molecular formula is C21H30N6O2. The van der Waals surface area contributed by atoms with Crippen LogP contribution >= 0.6 is 0 Å². The van der Waals surface area contributed by atoms with Crippen LogP contribution in [0.25, 0.3) is 0 Å². The summed E-state index contributed by atoms with van der Waals surface area (Å²) in [5, 5.41) is 11.0. The van der Waals surface area contributed by atoms with Crippen LogP contribution in [0.15, 0.2) is 36.5 Å². The van der Waals surface area contributed by atoms with Crippen molar-refractivity contribution in [3.63, 3.8) is 0 Å². The van der Waals surface area contributed by atoms with Crippen LogP contribution in [-0.4, -0.2) is 76.4 Å². The van der Waals surface area contributed by atoms with Gasteiger partial charge in [-0.2, -0.15) is 0 Å². The molecule has 1 aliphatic rings. The summed E-state index contributed by atoms with van der Waals surface area (Å²) in [5.74, 6) is -0.361. The molecule has 2 aromatic rings. The van der Waals surface area contributed by atoms with E-state index in [-0.39, 0.29) is 30.1 Å². The van der Waals surface area contributed by atoms with Gasteiger partial charge >= 0.3 is 0 Å². The molecule has 1 aromatic heterocycles. The number of piperidine rings is 1. The van der Waals surface area contributed by atoms with Crippen LogP contribution in [0, 0.1) is 0 Å². The number of benzene rings is 1. The second-order valence-electron chi connectivity index (χ2n) is 7.81. The van der Waals surface area contributed by atoms with E-state index >= 15 is 0 Å². The van der Waals surface area contributed by atoms with Gasteiger partial charge in [-0.15, -0.1) is 5.10 Å². The maximum atomic E-state index is 12.8. The zero-order valence-electron chi connectivity index (χ0n) is 17.3. The van der Waals surface area contributed by atoms with Gasteiger partial charge < -0.3 is 15.1 Å². The molecule has 29 heavy (non-hydrogen) atoms. The van der Waals surface area contributed by atoms with Gasteiger partial charge in [-0.05, 0) is 37.9 Å². The third-order valence-electron chi connectivity index (χ3n) is 5.15. The van der Waals surface area contributed by atoms with Crippen molar-refractivity contribution in [1.29, 1.82) is 0 Å². The summed E-state index contributed by atoms with van der Waals surface area (Å²) in [6, 6.07) is 10.2. The third kappa shape index (κ3) is 6.39. The van der Waals surface area contributed by atoms with E-state index in [0.717, 1.165) is 26.1 Å². The lowest BCUT2D eigenvalue weighted by molar-refractivity contribution is -0.129. The van der Waals surface area contributed by atoms with Crippen molar-refractivity contribution in [1.82, 2.24) is 30.1 Å². The maximum Gasteiger partial charge on any atom is 0.273 e. The summed E-state index contributed by atoms with van der Waals surface area (Å²) >= 11 is 0. The molecule has 1 aromatic carbocycles. The molecule has 2 amide bonds. The molecule has 2 heterocycles. The molecule has 8 heteroatoms. The van der Waals surface area contributed by atoms with E-state index in [0.29, 0.717) is 0 Å². The van der Waals surface area contributed by atoms with Gasteiger partial charge in [0.05, 0.1) is 6.20 Å². The Labute approximate surface area is 171 Å². The lowest BCUT2D eigenvalue weighted by atomic mass is 10.0. The van der Waals surface area contributed by atoms with Gasteiger partial charge in [0.15, 0.2) is 5.69 Å². The van der Waals surface area contributed by atoms with Gasteiger partial charge in [0, 0.05) is 26.7 Å². The Morgan fingerprint density at radius 3 is 2.55 bits per heavy atom. The molecule has 0 bridgehead atoms. The van der Waals surface area contributed by atoms with Gasteiger partial charge in [-0.25, -0.2) is 4.68 Å². The van der Waals surface area contributed by atoms with E-state index in [9.17, 15) is 9.59 Å². The topological polar surface area (TPSA) is 83.4 Å². The van der Waals surface area contributed by atoms with Crippen LogP contribution in [0.3, 0.4) is 0 Å². The number of hydrogen-bond acceptors (Lipinski definition) is 5. The van der Waals surface area contributed by atoms with Crippen molar-refractivity contribution >= 4 is 11.8 Å². The molecule has 156 valence electrons. The molecule has 1 aliphatic heterocycles. The Morgan fingerprint density at radius 2 is 1.86 bits per heavy atom. The largest absolute Gasteiger partial charge is 0.347 e. The van der Waals surface area contributed by atoms with E-state index in [1.807, 2.05) is 18.2 Å². The molecule has 1 saturated heterocycles. The van der Waals surface area contributed by atoms with E-state index < -0.39 is 0 Å². The average Bonchev–Trinajstić information content (AvgIpc) is 3.18. The zero-order chi connectivity index (χ0) is 20.6. The first-order valence-electron chi connectivity index (χ1n) is 10.2. The fourth-order valence-corrected chi connectivity index (χ4v) is 3.53. The highest BCUT2D eigenvalue weighted by Gasteiger charge is 2.21. The predicted molar refractivity (Wildman–Crippen MR) is 110 cm³/mol. The Hall–Kier alpha value is -2.74. The fraction of sp³-hybridized carbons (Fsp3) is 0.524. The van der Waals surface area contributed by atoms with Crippen molar-refractivity contribution in [2.75, 3.05) is 33.7 Å². The molecule has 8 nitrogen and oxygen atoms in total. The van der Waals surface area contributed by atoms with Crippen LogP contribution in [0.1, 0.15) is 35.3 Å². The van der Waals surface area contributed by atoms with Crippen LogP contribution in [0.2, 0.25) is 0 Å². The van der Waals surface area contributed by atoms with E-state index in [1.54, 1.807) is 14.1 Å². The second-order valence-corrected chi connectivity index (χ2v) is 7.81. The quantitative estimate of drug-likeness (QED) is 0.722. The van der Waals surface area contributed by atoms with Gasteiger partial charge in [0.2, 0.25) is 5.91 Å². The van der Waals surface area contributed by atoms with Crippen LogP contribution in [-0.2, 0) is 17.8 Å². The smallest absolute Gasteiger partial charge is 0.273 e. The van der Waals surface area contributed by atoms with Gasteiger partial charge in [-0.1, -0.05) is 42.0 Å². The zero-order valence-corrected chi connectivity index (χ0v) is 17.3. The van der Waals surface area contributed by atoms with Crippen molar-refractivity contribution in [2.24, 2.45) is 0 Å². The summed E-state index contributed by atoms with van der Waals surface area (Å²) < 4.78 is 1.40. The minimum Gasteiger partial charge on any atom is -0.347 e. The van der Waals surface area contributed by atoms with E-state index in [1.165, 1.54) is 40.6 Å². The fourth-order valence-electron chi connectivity index (χ4n) is 3.53. The summed E-state index contributed by atoms with van der Waals surface area (Å²) in [6.07, 6.45) is 5.98. The molecule has 0 saturated carbocycles. The lowest BCUT2D eigenvalue weighted by Gasteiger charge is -2.30. The molecule has 1 fully saturated rings. The number of rotatable bonds is 8. The molecule has 1 atom stereocenters. The number of likely N-dealkylation sites (tertiary alicyclic amines) is 1. The molecular weight excluding hydrogens is 368 g/mol. The molecule has 0 spiro atoms. The first-order valence-corrected chi connectivity index (χ1v) is 10.2. The molecule has 3 rings (SSSR count). The van der Waals surface area contributed by atoms with Gasteiger partial charge in [0.25, 0.3) is 5.91 Å². The van der Waals surface area contributed by atoms with E-state index in [4.69, 9.17) is 0 Å². The monoisotopic (exact) mass is 398 g/mol. The van der Waals surface area contributed by atoms with Gasteiger partial charge in [-0.3, -0.25) is 9.59 Å². The van der Waals surface area contributed by atoms with Crippen molar-refractivity contribution in [2.45, 2.75) is 38.3 Å². The van der Waals surface area contributed by atoms with Crippen LogP contribution in [0.4, 0.5) is 0 Å². The average molecular weight is 399 g/mol. The number of hydrogen-bond donors (Lipinski definition) is 1. The number of nitrogens with one attached hydrogen (secondary N) is 1. The Kier molecular flexibility index (Phi) is 7.35. The normalized spacial score (nSPS) is 15.7. The first kappa shape index (κ1) is 21.0. The van der Waals surface area contributed by atoms with Gasteiger partial charge in [0.1, 0.15) is 6.54 Å². The number of nitrogens with zero attached hydrogens (tertiary/aromatic N) is 5. The summed E-state index contributed by atoms with van der Waals surface area (Å²) in [5.41, 5.74) is 1.42. The SMILES string of the molecule is CN(C)C(=O)Cn1cc(C(=O)NC(Cc2ccccc2)CN2CCCCC2)nn1. The number of amides is 2. The Morgan fingerprint density at radius 1 is 1.14 bits per heavy atom. The highest BCUT2D eigenvalue weighted by Crippen LogP contribution is 2.12. The third-order valence-corrected chi connectivity index (χ3v) is 5.15. The number of carbonyl (C=O) groups is 2. The number of aromatic nitrogens is 3. The number of carbonyl (C=O) groups excluding carboxylic acids is 2. The molecule has 1 N–H and O–H groups in total. The first-order chi connectivity index (χ1) is 14.0. The minimum absolute atomic E-state index is 0.0171. The highest BCUT2D eigenvalue weighted by atomic mass is 16.2. The lowest BCUT2D eigenvalue weighted by Crippen LogP contribution is -2.46. The van der Waals surface area contributed by atoms with Crippen molar-refractivity contribution in [3.8, 4) is 0 Å². The summed E-state index contributed by atoms with van der Waals surface area (Å²) in [4.78, 5) is 28.5. The van der Waals surface area contributed by atoms with Crippen LogP contribution < -0.4 is 5.32 Å². The molecule has 0 radical (unpaired) electrons. The van der Waals surface area contributed by atoms with Crippen molar-refractivity contribution < 1.29 is 9.59 Å². The maximum absolute atomic E-state index is 12.8. The minimum atomic E-state index is -0.258. The second kappa shape index (κ2) is 10.2. The molecule has 1 unspecified atom stereocenters. The summed E-state index contributed by atoms with van der Waals surface area (Å²) in [7, 11) is 3.36. The standard InChI is InChI=1S/C21H30N6O2/c1-25(2)20(28)16-27-15-19(23-24-27)21(29)22-18(13-17-9-5-3-6-10-17)14-26-11-7-4-8-12-26/h3,5-6,9-10,15,18H,4,7-8,11-14,16H2,1-2H3,(H,22,29). The summed E-state index contributed by atoms with van der Waals surface area (Å²) in [6.45, 7) is 3.02. The Bertz CT molecular complexity index is 799. The Balaban J connectivity index is 1.65.